The molecule has 1 heterocycles. The highest BCUT2D eigenvalue weighted by Crippen LogP contribution is 2.33. The van der Waals surface area contributed by atoms with Gasteiger partial charge in [0, 0.05) is 6.04 Å². The van der Waals surface area contributed by atoms with Crippen LogP contribution >= 0.6 is 0 Å². The van der Waals surface area contributed by atoms with Crippen molar-refractivity contribution in [3.05, 3.63) is 59.2 Å². The summed E-state index contributed by atoms with van der Waals surface area (Å²) in [5, 5.41) is 0. The summed E-state index contributed by atoms with van der Waals surface area (Å²) < 4.78 is 10.7. The Balaban J connectivity index is 1.77. The molecule has 19 heavy (non-hydrogen) atoms. The zero-order valence-corrected chi connectivity index (χ0v) is 10.9. The second-order valence-electron chi connectivity index (χ2n) is 4.91. The first kappa shape index (κ1) is 12.1. The number of benzene rings is 2. The summed E-state index contributed by atoms with van der Waals surface area (Å²) in [5.41, 5.74) is 9.83. The van der Waals surface area contributed by atoms with E-state index in [1.165, 1.54) is 11.1 Å². The highest BCUT2D eigenvalue weighted by Gasteiger charge is 2.14. The fourth-order valence-corrected chi connectivity index (χ4v) is 2.34. The van der Waals surface area contributed by atoms with E-state index in [0.717, 1.165) is 23.5 Å². The van der Waals surface area contributed by atoms with E-state index in [1.54, 1.807) is 0 Å². The first-order valence-electron chi connectivity index (χ1n) is 6.43. The lowest BCUT2D eigenvalue weighted by Gasteiger charge is -2.13. The molecular formula is C16H17NO2. The van der Waals surface area contributed by atoms with Crippen molar-refractivity contribution in [2.45, 2.75) is 19.4 Å². The molecule has 2 N–H and O–H groups in total. The van der Waals surface area contributed by atoms with Gasteiger partial charge in [-0.2, -0.15) is 0 Å². The molecule has 1 aliphatic rings. The van der Waals surface area contributed by atoms with E-state index in [0.29, 0.717) is 6.79 Å². The van der Waals surface area contributed by atoms with E-state index in [2.05, 4.69) is 25.1 Å². The molecule has 3 heteroatoms. The first-order valence-corrected chi connectivity index (χ1v) is 6.43. The van der Waals surface area contributed by atoms with Gasteiger partial charge in [0.15, 0.2) is 11.5 Å². The number of hydrogen-bond acceptors (Lipinski definition) is 3. The predicted octanol–water partition coefficient (Wildman–Crippen LogP) is 2.97. The van der Waals surface area contributed by atoms with Crippen LogP contribution in [-0.2, 0) is 6.42 Å². The van der Waals surface area contributed by atoms with Gasteiger partial charge < -0.3 is 15.2 Å². The van der Waals surface area contributed by atoms with Crippen LogP contribution in [0.3, 0.4) is 0 Å². The lowest BCUT2D eigenvalue weighted by molar-refractivity contribution is 0.174. The third-order valence-electron chi connectivity index (χ3n) is 3.36. The van der Waals surface area contributed by atoms with Crippen molar-refractivity contribution in [2.75, 3.05) is 6.79 Å². The summed E-state index contributed by atoms with van der Waals surface area (Å²) in [7, 11) is 0. The molecule has 3 rings (SSSR count). The molecule has 0 saturated heterocycles. The predicted molar refractivity (Wildman–Crippen MR) is 74.4 cm³/mol. The molecule has 0 saturated carbocycles. The van der Waals surface area contributed by atoms with Gasteiger partial charge >= 0.3 is 0 Å². The summed E-state index contributed by atoms with van der Waals surface area (Å²) in [6.45, 7) is 2.39. The van der Waals surface area contributed by atoms with E-state index in [1.807, 2.05) is 24.3 Å². The molecule has 0 amide bonds. The largest absolute Gasteiger partial charge is 0.454 e. The average molecular weight is 255 g/mol. The fraction of sp³-hybridized carbons (Fsp3) is 0.250. The van der Waals surface area contributed by atoms with Crippen LogP contribution in [0, 0.1) is 6.92 Å². The molecule has 0 spiro atoms. The van der Waals surface area contributed by atoms with Crippen LogP contribution in [0.25, 0.3) is 0 Å². The SMILES string of the molecule is Cc1cccc(C(N)Cc2ccc3c(c2)OCO3)c1. The Morgan fingerprint density at radius 2 is 1.95 bits per heavy atom. The zero-order valence-electron chi connectivity index (χ0n) is 10.9. The third-order valence-corrected chi connectivity index (χ3v) is 3.36. The van der Waals surface area contributed by atoms with Crippen molar-refractivity contribution >= 4 is 0 Å². The van der Waals surface area contributed by atoms with Crippen molar-refractivity contribution in [1.82, 2.24) is 0 Å². The number of rotatable bonds is 3. The van der Waals surface area contributed by atoms with Gasteiger partial charge in [-0.25, -0.2) is 0 Å². The summed E-state index contributed by atoms with van der Waals surface area (Å²) in [6.07, 6.45) is 0.792. The van der Waals surface area contributed by atoms with Crippen molar-refractivity contribution in [3.63, 3.8) is 0 Å². The highest BCUT2D eigenvalue weighted by molar-refractivity contribution is 5.45. The second-order valence-corrected chi connectivity index (χ2v) is 4.91. The number of nitrogens with two attached hydrogens (primary N) is 1. The van der Waals surface area contributed by atoms with E-state index >= 15 is 0 Å². The standard InChI is InChI=1S/C16H17NO2/c1-11-3-2-4-13(7-11)14(17)8-12-5-6-15-16(9-12)19-10-18-15/h2-7,9,14H,8,10,17H2,1H3. The molecule has 98 valence electrons. The van der Waals surface area contributed by atoms with Gasteiger partial charge in [-0.3, -0.25) is 0 Å². The third kappa shape index (κ3) is 2.56. The maximum absolute atomic E-state index is 6.27. The average Bonchev–Trinajstić information content (AvgIpc) is 2.86. The van der Waals surface area contributed by atoms with E-state index in [-0.39, 0.29) is 6.04 Å². The van der Waals surface area contributed by atoms with Gasteiger partial charge in [0.25, 0.3) is 0 Å². The summed E-state index contributed by atoms with van der Waals surface area (Å²) in [4.78, 5) is 0. The molecule has 1 atom stereocenters. The molecule has 0 aromatic heterocycles. The maximum atomic E-state index is 6.27. The number of hydrogen-bond donors (Lipinski definition) is 1. The van der Waals surface area contributed by atoms with Crippen LogP contribution in [0.15, 0.2) is 42.5 Å². The summed E-state index contributed by atoms with van der Waals surface area (Å²) >= 11 is 0. The van der Waals surface area contributed by atoms with Crippen LogP contribution in [-0.4, -0.2) is 6.79 Å². The van der Waals surface area contributed by atoms with Crippen LogP contribution < -0.4 is 15.2 Å². The van der Waals surface area contributed by atoms with Crippen LogP contribution in [0.4, 0.5) is 0 Å². The Morgan fingerprint density at radius 3 is 2.79 bits per heavy atom. The second kappa shape index (κ2) is 4.94. The summed E-state index contributed by atoms with van der Waals surface area (Å²) in [5.74, 6) is 1.63. The Kier molecular flexibility index (Phi) is 3.13. The van der Waals surface area contributed by atoms with Crippen molar-refractivity contribution < 1.29 is 9.47 Å². The molecule has 0 bridgehead atoms. The van der Waals surface area contributed by atoms with E-state index in [4.69, 9.17) is 15.2 Å². The van der Waals surface area contributed by atoms with Crippen molar-refractivity contribution in [2.24, 2.45) is 5.73 Å². The Hall–Kier alpha value is -2.00. The minimum atomic E-state index is 0.000251. The lowest BCUT2D eigenvalue weighted by atomic mass is 9.98. The maximum Gasteiger partial charge on any atom is 0.231 e. The van der Waals surface area contributed by atoms with Gasteiger partial charge in [0.2, 0.25) is 6.79 Å². The van der Waals surface area contributed by atoms with Gasteiger partial charge in [-0.1, -0.05) is 35.9 Å². The van der Waals surface area contributed by atoms with Gasteiger partial charge in [-0.15, -0.1) is 0 Å². The molecular weight excluding hydrogens is 238 g/mol. The van der Waals surface area contributed by atoms with Crippen LogP contribution in [0.1, 0.15) is 22.7 Å². The van der Waals surface area contributed by atoms with Crippen LogP contribution in [0.2, 0.25) is 0 Å². The zero-order chi connectivity index (χ0) is 13.2. The fourth-order valence-electron chi connectivity index (χ4n) is 2.34. The van der Waals surface area contributed by atoms with E-state index in [9.17, 15) is 0 Å². The lowest BCUT2D eigenvalue weighted by Crippen LogP contribution is -2.13. The summed E-state index contributed by atoms with van der Waals surface area (Å²) in [6, 6.07) is 14.3. The van der Waals surface area contributed by atoms with E-state index < -0.39 is 0 Å². The Morgan fingerprint density at radius 1 is 1.11 bits per heavy atom. The molecule has 2 aromatic carbocycles. The molecule has 0 radical (unpaired) electrons. The molecule has 0 fully saturated rings. The normalized spacial score (nSPS) is 14.4. The monoisotopic (exact) mass is 255 g/mol. The van der Waals surface area contributed by atoms with Crippen molar-refractivity contribution in [1.29, 1.82) is 0 Å². The van der Waals surface area contributed by atoms with Gasteiger partial charge in [0.05, 0.1) is 0 Å². The van der Waals surface area contributed by atoms with Gasteiger partial charge in [-0.05, 0) is 36.6 Å². The van der Waals surface area contributed by atoms with Crippen LogP contribution in [0.5, 0.6) is 11.5 Å². The molecule has 0 aliphatic carbocycles. The number of fused-ring (bicyclic) bond motifs is 1. The number of aryl methyl sites for hydroxylation is 1. The minimum absolute atomic E-state index is 0.000251. The van der Waals surface area contributed by atoms with Crippen molar-refractivity contribution in [3.8, 4) is 11.5 Å². The molecule has 1 unspecified atom stereocenters. The molecule has 3 nitrogen and oxygen atoms in total. The number of ether oxygens (including phenoxy) is 2. The molecule has 1 aliphatic heterocycles. The highest BCUT2D eigenvalue weighted by atomic mass is 16.7. The Bertz CT molecular complexity index is 595. The first-order chi connectivity index (χ1) is 9.22. The Labute approximate surface area is 113 Å². The van der Waals surface area contributed by atoms with Gasteiger partial charge in [0.1, 0.15) is 0 Å². The topological polar surface area (TPSA) is 44.5 Å². The molecule has 2 aromatic rings. The minimum Gasteiger partial charge on any atom is -0.454 e. The smallest absolute Gasteiger partial charge is 0.231 e. The quantitative estimate of drug-likeness (QED) is 0.917.